The first-order valence-electron chi connectivity index (χ1n) is 6.27. The van der Waals surface area contributed by atoms with Crippen molar-refractivity contribution < 1.29 is 4.74 Å². The third kappa shape index (κ3) is 4.12. The molecule has 0 radical (unpaired) electrons. The van der Waals surface area contributed by atoms with Gasteiger partial charge in [-0.15, -0.1) is 0 Å². The number of anilines is 1. The molecule has 0 spiro atoms. The Labute approximate surface area is 109 Å². The molecule has 0 saturated heterocycles. The summed E-state index contributed by atoms with van der Waals surface area (Å²) in [6, 6.07) is 6.09. The van der Waals surface area contributed by atoms with E-state index in [4.69, 9.17) is 16.3 Å². The number of nitrogens with one attached hydrogen (secondary N) is 1. The second kappa shape index (κ2) is 6.75. The van der Waals surface area contributed by atoms with E-state index in [1.807, 2.05) is 25.1 Å². The molecular formula is C14H22ClNO. The second-order valence-electron chi connectivity index (χ2n) is 4.39. The van der Waals surface area contributed by atoms with Crippen LogP contribution in [0.3, 0.4) is 0 Å². The van der Waals surface area contributed by atoms with E-state index in [1.165, 1.54) is 0 Å². The number of ether oxygens (including phenoxy) is 1. The molecule has 1 aromatic rings. The zero-order valence-electron chi connectivity index (χ0n) is 11.1. The minimum Gasteiger partial charge on any atom is -0.492 e. The molecule has 0 aliphatic rings. The molecule has 17 heavy (non-hydrogen) atoms. The van der Waals surface area contributed by atoms with E-state index in [-0.39, 0.29) is 0 Å². The van der Waals surface area contributed by atoms with Gasteiger partial charge in [0.15, 0.2) is 0 Å². The molecule has 1 aromatic carbocycles. The fourth-order valence-corrected chi connectivity index (χ4v) is 1.81. The summed E-state index contributed by atoms with van der Waals surface area (Å²) in [6.07, 6.45) is 1.15. The molecule has 0 amide bonds. The van der Waals surface area contributed by atoms with Gasteiger partial charge in [-0.25, -0.2) is 0 Å². The van der Waals surface area contributed by atoms with Gasteiger partial charge >= 0.3 is 0 Å². The molecular weight excluding hydrogens is 234 g/mol. The number of halogens is 1. The first-order valence-corrected chi connectivity index (χ1v) is 6.65. The van der Waals surface area contributed by atoms with Gasteiger partial charge in [0.05, 0.1) is 12.3 Å². The molecule has 2 unspecified atom stereocenters. The number of rotatable bonds is 6. The lowest BCUT2D eigenvalue weighted by atomic mass is 10.0. The second-order valence-corrected chi connectivity index (χ2v) is 4.83. The van der Waals surface area contributed by atoms with Crippen molar-refractivity contribution >= 4 is 17.3 Å². The van der Waals surface area contributed by atoms with Gasteiger partial charge < -0.3 is 10.1 Å². The van der Waals surface area contributed by atoms with Crippen molar-refractivity contribution in [2.24, 2.45) is 5.92 Å². The monoisotopic (exact) mass is 255 g/mol. The predicted octanol–water partition coefficient (Wildman–Crippen LogP) is 4.59. The van der Waals surface area contributed by atoms with Crippen molar-refractivity contribution in [2.45, 2.75) is 40.2 Å². The van der Waals surface area contributed by atoms with Gasteiger partial charge in [0, 0.05) is 11.1 Å². The smallest absolute Gasteiger partial charge is 0.142 e. The van der Waals surface area contributed by atoms with Crippen LogP contribution in [-0.4, -0.2) is 12.6 Å². The molecule has 0 heterocycles. The zero-order valence-corrected chi connectivity index (χ0v) is 11.8. The first kappa shape index (κ1) is 14.2. The van der Waals surface area contributed by atoms with E-state index in [0.717, 1.165) is 22.9 Å². The summed E-state index contributed by atoms with van der Waals surface area (Å²) in [5, 5.41) is 4.21. The summed E-state index contributed by atoms with van der Waals surface area (Å²) >= 11 is 6.02. The van der Waals surface area contributed by atoms with E-state index in [0.29, 0.717) is 18.6 Å². The van der Waals surface area contributed by atoms with Crippen molar-refractivity contribution in [1.29, 1.82) is 0 Å². The highest BCUT2D eigenvalue weighted by molar-refractivity contribution is 6.30. The van der Waals surface area contributed by atoms with Gasteiger partial charge in [-0.3, -0.25) is 0 Å². The zero-order chi connectivity index (χ0) is 12.8. The normalized spacial score (nSPS) is 14.2. The average molecular weight is 256 g/mol. The standard InChI is InChI=1S/C14H22ClNO/c1-5-10(3)11(4)16-13-9-12(15)7-8-14(13)17-6-2/h7-11,16H,5-6H2,1-4H3. The van der Waals surface area contributed by atoms with Crippen LogP contribution in [0.4, 0.5) is 5.69 Å². The summed E-state index contributed by atoms with van der Waals surface area (Å²) < 4.78 is 5.59. The van der Waals surface area contributed by atoms with Crippen LogP contribution < -0.4 is 10.1 Å². The Morgan fingerprint density at radius 3 is 2.59 bits per heavy atom. The van der Waals surface area contributed by atoms with Crippen molar-refractivity contribution in [3.05, 3.63) is 23.2 Å². The van der Waals surface area contributed by atoms with Gasteiger partial charge in [0.2, 0.25) is 0 Å². The Balaban J connectivity index is 2.83. The molecule has 0 saturated carbocycles. The minimum atomic E-state index is 0.401. The van der Waals surface area contributed by atoms with Crippen LogP contribution in [0.1, 0.15) is 34.1 Å². The largest absolute Gasteiger partial charge is 0.492 e. The molecule has 2 atom stereocenters. The summed E-state index contributed by atoms with van der Waals surface area (Å²) in [5.74, 6) is 1.48. The summed E-state index contributed by atoms with van der Waals surface area (Å²) in [5.41, 5.74) is 0.979. The van der Waals surface area contributed by atoms with E-state index in [2.05, 4.69) is 26.1 Å². The molecule has 2 nitrogen and oxygen atoms in total. The SMILES string of the molecule is CCOc1ccc(Cl)cc1NC(C)C(C)CC. The lowest BCUT2D eigenvalue weighted by Gasteiger charge is -2.22. The molecule has 1 N–H and O–H groups in total. The maximum Gasteiger partial charge on any atom is 0.142 e. The Morgan fingerprint density at radius 2 is 2.00 bits per heavy atom. The van der Waals surface area contributed by atoms with Gasteiger partial charge in [-0.2, -0.15) is 0 Å². The topological polar surface area (TPSA) is 21.3 Å². The van der Waals surface area contributed by atoms with Gasteiger partial charge in [-0.05, 0) is 38.0 Å². The molecule has 0 aromatic heterocycles. The van der Waals surface area contributed by atoms with Gasteiger partial charge in [0.1, 0.15) is 5.75 Å². The average Bonchev–Trinajstić information content (AvgIpc) is 2.31. The molecule has 0 fully saturated rings. The third-order valence-electron chi connectivity index (χ3n) is 3.12. The van der Waals surface area contributed by atoms with Crippen molar-refractivity contribution in [1.82, 2.24) is 0 Å². The number of hydrogen-bond donors (Lipinski definition) is 1. The van der Waals surface area contributed by atoms with Crippen LogP contribution in [0.2, 0.25) is 5.02 Å². The van der Waals surface area contributed by atoms with Crippen molar-refractivity contribution in [2.75, 3.05) is 11.9 Å². The van der Waals surface area contributed by atoms with E-state index in [1.54, 1.807) is 0 Å². The van der Waals surface area contributed by atoms with Crippen LogP contribution in [0, 0.1) is 5.92 Å². The first-order chi connectivity index (χ1) is 8.08. The van der Waals surface area contributed by atoms with Crippen LogP contribution in [0.5, 0.6) is 5.75 Å². The van der Waals surface area contributed by atoms with Crippen molar-refractivity contribution in [3.63, 3.8) is 0 Å². The van der Waals surface area contributed by atoms with Crippen molar-refractivity contribution in [3.8, 4) is 5.75 Å². The Kier molecular flexibility index (Phi) is 5.63. The quantitative estimate of drug-likeness (QED) is 0.803. The molecule has 0 aliphatic carbocycles. The Hall–Kier alpha value is -0.890. The Bertz CT molecular complexity index is 354. The molecule has 3 heteroatoms. The van der Waals surface area contributed by atoms with Crippen LogP contribution in [-0.2, 0) is 0 Å². The van der Waals surface area contributed by atoms with Crippen LogP contribution >= 0.6 is 11.6 Å². The lowest BCUT2D eigenvalue weighted by Crippen LogP contribution is -2.23. The summed E-state index contributed by atoms with van der Waals surface area (Å²) in [7, 11) is 0. The predicted molar refractivity (Wildman–Crippen MR) is 75.2 cm³/mol. The minimum absolute atomic E-state index is 0.401. The summed E-state index contributed by atoms with van der Waals surface area (Å²) in [4.78, 5) is 0. The molecule has 0 bridgehead atoms. The maximum absolute atomic E-state index is 6.02. The fraction of sp³-hybridized carbons (Fsp3) is 0.571. The molecule has 0 aliphatic heterocycles. The number of benzene rings is 1. The van der Waals surface area contributed by atoms with Crippen LogP contribution in [0.15, 0.2) is 18.2 Å². The maximum atomic E-state index is 6.02. The highest BCUT2D eigenvalue weighted by Gasteiger charge is 2.12. The summed E-state index contributed by atoms with van der Waals surface area (Å²) in [6.45, 7) is 9.27. The number of hydrogen-bond acceptors (Lipinski definition) is 2. The highest BCUT2D eigenvalue weighted by Crippen LogP contribution is 2.29. The van der Waals surface area contributed by atoms with E-state index >= 15 is 0 Å². The van der Waals surface area contributed by atoms with Crippen LogP contribution in [0.25, 0.3) is 0 Å². The fourth-order valence-electron chi connectivity index (χ4n) is 1.64. The van der Waals surface area contributed by atoms with E-state index < -0.39 is 0 Å². The molecule has 96 valence electrons. The van der Waals surface area contributed by atoms with E-state index in [9.17, 15) is 0 Å². The van der Waals surface area contributed by atoms with Gasteiger partial charge in [-0.1, -0.05) is 31.9 Å². The third-order valence-corrected chi connectivity index (χ3v) is 3.36. The highest BCUT2D eigenvalue weighted by atomic mass is 35.5. The molecule has 1 rings (SSSR count). The lowest BCUT2D eigenvalue weighted by molar-refractivity contribution is 0.341. The Morgan fingerprint density at radius 1 is 1.29 bits per heavy atom. The van der Waals surface area contributed by atoms with Gasteiger partial charge in [0.25, 0.3) is 0 Å².